The van der Waals surface area contributed by atoms with Gasteiger partial charge in [0.05, 0.1) is 73.0 Å². The van der Waals surface area contributed by atoms with Gasteiger partial charge in [-0.3, -0.25) is 0 Å². The molecule has 12 nitrogen and oxygen atoms in total. The number of carbonyl (C=O) groups excluding carboxylic acids is 6. The van der Waals surface area contributed by atoms with E-state index in [1.54, 1.807) is 72.8 Å². The van der Waals surface area contributed by atoms with Crippen molar-refractivity contribution in [2.45, 2.75) is 119 Å². The first kappa shape index (κ1) is 52.5. The van der Waals surface area contributed by atoms with E-state index in [1.807, 2.05) is 41.5 Å². The first-order valence-electron chi connectivity index (χ1n) is 21.4. The van der Waals surface area contributed by atoms with E-state index in [2.05, 4.69) is 0 Å². The molecule has 0 heterocycles. The van der Waals surface area contributed by atoms with Gasteiger partial charge in [0.2, 0.25) is 0 Å². The van der Waals surface area contributed by atoms with Crippen LogP contribution in [0.1, 0.15) is 181 Å². The Labute approximate surface area is 356 Å². The predicted octanol–water partition coefficient (Wildman–Crippen LogP) is 10.8. The van der Waals surface area contributed by atoms with Gasteiger partial charge in [-0.25, -0.2) is 28.8 Å². The largest absolute Gasteiger partial charge is 0.462 e. The van der Waals surface area contributed by atoms with Crippen LogP contribution in [0.3, 0.4) is 0 Å². The molecule has 0 amide bonds. The highest BCUT2D eigenvalue weighted by Crippen LogP contribution is 2.15. The average molecular weight is 835 g/mol. The lowest BCUT2D eigenvalue weighted by molar-refractivity contribution is 0.0452. The van der Waals surface area contributed by atoms with Gasteiger partial charge in [-0.2, -0.15) is 0 Å². The van der Waals surface area contributed by atoms with E-state index >= 15 is 0 Å². The molecule has 3 aromatic rings. The molecular weight excluding hydrogens is 769 g/mol. The highest BCUT2D eigenvalue weighted by Gasteiger charge is 2.21. The van der Waals surface area contributed by atoms with Gasteiger partial charge in [0.1, 0.15) is 0 Å². The van der Waals surface area contributed by atoms with Gasteiger partial charge in [-0.15, -0.1) is 0 Å². The van der Waals surface area contributed by atoms with Gasteiger partial charge in [0.15, 0.2) is 0 Å². The third-order valence-corrected chi connectivity index (χ3v) is 8.49. The molecule has 0 saturated carbocycles. The summed E-state index contributed by atoms with van der Waals surface area (Å²) in [6.07, 6.45) is 10.6. The van der Waals surface area contributed by atoms with E-state index < -0.39 is 35.8 Å². The van der Waals surface area contributed by atoms with E-state index in [9.17, 15) is 28.8 Å². The zero-order valence-corrected chi connectivity index (χ0v) is 36.6. The number of ether oxygens (including phenoxy) is 6. The minimum absolute atomic E-state index is 0.269. The molecular formula is C48H66O12. The van der Waals surface area contributed by atoms with Crippen molar-refractivity contribution in [2.24, 2.45) is 0 Å². The van der Waals surface area contributed by atoms with Crippen molar-refractivity contribution in [3.8, 4) is 0 Å². The van der Waals surface area contributed by atoms with Crippen LogP contribution in [0.4, 0.5) is 0 Å². The second kappa shape index (κ2) is 33.3. The van der Waals surface area contributed by atoms with Crippen LogP contribution < -0.4 is 0 Å². The second-order valence-corrected chi connectivity index (χ2v) is 13.6. The number of rotatable bonds is 24. The van der Waals surface area contributed by atoms with Gasteiger partial charge in [-0.1, -0.05) is 116 Å². The Hall–Kier alpha value is -5.52. The molecule has 3 rings (SSSR count). The monoisotopic (exact) mass is 834 g/mol. The third kappa shape index (κ3) is 20.9. The maximum Gasteiger partial charge on any atom is 0.339 e. The summed E-state index contributed by atoms with van der Waals surface area (Å²) >= 11 is 0. The van der Waals surface area contributed by atoms with Gasteiger partial charge in [0, 0.05) is 0 Å². The first-order chi connectivity index (χ1) is 29.1. The SMILES string of the molecule is CCCCOC(=O)c1ccccc1C(=O)OCCCC.CCCCOC(=O)c1ccccc1C(=O)OCCCC.CCCCOC(=O)c1ccccc1C(=O)OCCCC. The Morgan fingerprint density at radius 3 is 0.533 bits per heavy atom. The van der Waals surface area contributed by atoms with Crippen LogP contribution in [0.15, 0.2) is 72.8 Å². The number of benzene rings is 3. The fourth-order valence-electron chi connectivity index (χ4n) is 4.84. The molecule has 0 spiro atoms. The van der Waals surface area contributed by atoms with Crippen LogP contribution in [0, 0.1) is 0 Å². The molecule has 3 aromatic carbocycles. The van der Waals surface area contributed by atoms with E-state index in [4.69, 9.17) is 28.4 Å². The smallest absolute Gasteiger partial charge is 0.339 e. The average Bonchev–Trinajstić information content (AvgIpc) is 3.27. The number of carbonyl (C=O) groups is 6. The van der Waals surface area contributed by atoms with Gasteiger partial charge >= 0.3 is 35.8 Å². The van der Waals surface area contributed by atoms with Crippen molar-refractivity contribution in [1.29, 1.82) is 0 Å². The number of esters is 6. The lowest BCUT2D eigenvalue weighted by atomic mass is 10.1. The molecule has 0 aliphatic carbocycles. The van der Waals surface area contributed by atoms with E-state index in [0.717, 1.165) is 77.0 Å². The molecule has 0 aliphatic heterocycles. The molecule has 330 valence electrons. The fourth-order valence-corrected chi connectivity index (χ4v) is 4.84. The van der Waals surface area contributed by atoms with Crippen molar-refractivity contribution in [3.05, 3.63) is 106 Å². The fraction of sp³-hybridized carbons (Fsp3) is 0.500. The van der Waals surface area contributed by atoms with Gasteiger partial charge < -0.3 is 28.4 Å². The zero-order valence-electron chi connectivity index (χ0n) is 36.6. The topological polar surface area (TPSA) is 158 Å². The Bertz CT molecular complexity index is 1400. The molecule has 0 aromatic heterocycles. The van der Waals surface area contributed by atoms with Crippen molar-refractivity contribution >= 4 is 35.8 Å². The highest BCUT2D eigenvalue weighted by molar-refractivity contribution is 6.04. The van der Waals surface area contributed by atoms with Crippen molar-refractivity contribution in [1.82, 2.24) is 0 Å². The molecule has 0 bridgehead atoms. The highest BCUT2D eigenvalue weighted by atomic mass is 16.6. The lowest BCUT2D eigenvalue weighted by Crippen LogP contribution is -2.14. The molecule has 0 unspecified atom stereocenters. The van der Waals surface area contributed by atoms with E-state index in [1.165, 1.54) is 0 Å². The summed E-state index contributed by atoms with van der Waals surface area (Å²) in [4.78, 5) is 71.7. The van der Waals surface area contributed by atoms with E-state index in [0.29, 0.717) is 39.6 Å². The Morgan fingerprint density at radius 1 is 0.283 bits per heavy atom. The van der Waals surface area contributed by atoms with Crippen LogP contribution in [0.25, 0.3) is 0 Å². The summed E-state index contributed by atoms with van der Waals surface area (Å²) in [5, 5.41) is 0. The molecule has 0 aliphatic rings. The van der Waals surface area contributed by atoms with Crippen LogP contribution in [-0.4, -0.2) is 75.5 Å². The summed E-state index contributed by atoms with van der Waals surface area (Å²) in [6.45, 7) is 14.3. The zero-order chi connectivity index (χ0) is 44.4. The third-order valence-electron chi connectivity index (χ3n) is 8.49. The van der Waals surface area contributed by atoms with E-state index in [-0.39, 0.29) is 33.4 Å². The lowest BCUT2D eigenvalue weighted by Gasteiger charge is -2.09. The van der Waals surface area contributed by atoms with Crippen LogP contribution >= 0.6 is 0 Å². The summed E-state index contributed by atoms with van der Waals surface area (Å²) in [5.41, 5.74) is 1.61. The molecule has 60 heavy (non-hydrogen) atoms. The Morgan fingerprint density at radius 2 is 0.417 bits per heavy atom. The maximum absolute atomic E-state index is 11.9. The van der Waals surface area contributed by atoms with Crippen LogP contribution in [0.5, 0.6) is 0 Å². The quantitative estimate of drug-likeness (QED) is 0.0478. The van der Waals surface area contributed by atoms with Crippen molar-refractivity contribution in [2.75, 3.05) is 39.6 Å². The minimum atomic E-state index is -0.471. The van der Waals surface area contributed by atoms with Crippen molar-refractivity contribution < 1.29 is 57.2 Å². The minimum Gasteiger partial charge on any atom is -0.462 e. The van der Waals surface area contributed by atoms with Gasteiger partial charge in [-0.05, 0) is 74.9 Å². The summed E-state index contributed by atoms with van der Waals surface area (Å²) in [5.74, 6) is -2.83. The summed E-state index contributed by atoms with van der Waals surface area (Å²) < 4.78 is 30.8. The van der Waals surface area contributed by atoms with Crippen molar-refractivity contribution in [3.63, 3.8) is 0 Å². The predicted molar refractivity (Wildman–Crippen MR) is 230 cm³/mol. The molecule has 0 fully saturated rings. The summed E-state index contributed by atoms with van der Waals surface area (Å²) in [6, 6.07) is 19.8. The normalized spacial score (nSPS) is 10.1. The standard InChI is InChI=1S/3C16H22O4/c3*1-3-5-11-19-15(17)13-9-7-8-10-14(13)16(18)20-12-6-4-2/h3*7-10H,3-6,11-12H2,1-2H3. The molecule has 0 atom stereocenters. The maximum atomic E-state index is 11.9. The summed E-state index contributed by atoms with van der Waals surface area (Å²) in [7, 11) is 0. The van der Waals surface area contributed by atoms with Crippen LogP contribution in [-0.2, 0) is 28.4 Å². The van der Waals surface area contributed by atoms with Gasteiger partial charge in [0.25, 0.3) is 0 Å². The number of hydrogen-bond acceptors (Lipinski definition) is 12. The number of unbranched alkanes of at least 4 members (excludes halogenated alkanes) is 6. The second-order valence-electron chi connectivity index (χ2n) is 13.6. The Balaban J connectivity index is 0.000000450. The Kier molecular flexibility index (Phi) is 29.2. The molecule has 0 saturated heterocycles. The number of hydrogen-bond donors (Lipinski definition) is 0. The first-order valence-corrected chi connectivity index (χ1v) is 21.4. The molecule has 0 radical (unpaired) electrons. The molecule has 12 heteroatoms. The van der Waals surface area contributed by atoms with Crippen LogP contribution in [0.2, 0.25) is 0 Å². The molecule has 0 N–H and O–H groups in total.